The van der Waals surface area contributed by atoms with E-state index in [1.54, 1.807) is 0 Å². The van der Waals surface area contributed by atoms with Crippen molar-refractivity contribution in [2.45, 2.75) is 83.1 Å². The highest BCUT2D eigenvalue weighted by atomic mass is 16.5. The maximum atomic E-state index is 9.45. The fourth-order valence-electron chi connectivity index (χ4n) is 10.4. The number of hydrogen-bond acceptors (Lipinski definition) is 26. The maximum Gasteiger partial charge on any atom is 0.184 e. The molecule has 0 aliphatic carbocycles. The molecule has 0 unspecified atom stereocenters. The Bertz CT molecular complexity index is 3350. The molecule has 0 aromatic carbocycles. The zero-order valence-corrected chi connectivity index (χ0v) is 50.8. The number of aromatic nitrogens is 16. The van der Waals surface area contributed by atoms with E-state index in [-0.39, 0.29) is 74.2 Å². The van der Waals surface area contributed by atoms with Crippen molar-refractivity contribution in [3.63, 3.8) is 0 Å². The van der Waals surface area contributed by atoms with Crippen LogP contribution in [0.3, 0.4) is 0 Å². The molecule has 7 aromatic rings. The van der Waals surface area contributed by atoms with Crippen LogP contribution in [0.15, 0.2) is 0 Å². The van der Waals surface area contributed by atoms with Crippen LogP contribution in [0.2, 0.25) is 0 Å². The van der Waals surface area contributed by atoms with Crippen molar-refractivity contribution in [3.05, 3.63) is 0 Å². The summed E-state index contributed by atoms with van der Waals surface area (Å²) in [7, 11) is 0. The molecule has 450 valence electrons. The van der Waals surface area contributed by atoms with Crippen LogP contribution in [0.5, 0.6) is 0 Å². The van der Waals surface area contributed by atoms with Crippen molar-refractivity contribution in [2.24, 2.45) is 0 Å². The Morgan fingerprint density at radius 1 is 0.310 bits per heavy atom. The predicted octanol–water partition coefficient (Wildman–Crippen LogP) is 5.95. The molecule has 7 aromatic heterocycles. The summed E-state index contributed by atoms with van der Waals surface area (Å²) < 4.78 is 11.3. The molecule has 0 spiro atoms. The summed E-state index contributed by atoms with van der Waals surface area (Å²) in [6.45, 7) is 34.7. The molecule has 0 amide bonds. The number of ether oxygens (including phenoxy) is 2. The van der Waals surface area contributed by atoms with Gasteiger partial charge in [0, 0.05) is 91.6 Å². The molecule has 8 bridgehead atoms. The molecule has 9 heterocycles. The van der Waals surface area contributed by atoms with Crippen LogP contribution in [0.4, 0.5) is 46.5 Å². The lowest BCUT2D eigenvalue weighted by molar-refractivity contribution is 0.0990. The number of nitrogens with zero attached hydrogens (tertiary/aromatic N) is 20. The van der Waals surface area contributed by atoms with E-state index in [0.29, 0.717) is 194 Å². The molecule has 28 nitrogen and oxygen atoms in total. The topological polar surface area (TPSA) is 314 Å². The lowest BCUT2D eigenvalue weighted by Gasteiger charge is -2.28. The van der Waals surface area contributed by atoms with Gasteiger partial charge < -0.3 is 69.7 Å². The monoisotopic (exact) mass is 1150 g/mol. The van der Waals surface area contributed by atoms with Crippen LogP contribution < -0.4 is 40.0 Å². The van der Waals surface area contributed by atoms with E-state index in [0.717, 1.165) is 0 Å². The molecule has 0 fully saturated rings. The molecule has 0 saturated carbocycles. The van der Waals surface area contributed by atoms with E-state index in [4.69, 9.17) is 79.2 Å². The summed E-state index contributed by atoms with van der Waals surface area (Å²) in [6.07, 6.45) is 0. The summed E-state index contributed by atoms with van der Waals surface area (Å²) in [5.74, 6) is 5.83. The van der Waals surface area contributed by atoms with Gasteiger partial charge in [-0.15, -0.1) is 0 Å². The van der Waals surface area contributed by atoms with Gasteiger partial charge in [-0.3, -0.25) is 0 Å². The van der Waals surface area contributed by atoms with Gasteiger partial charge in [0.2, 0.25) is 0 Å². The van der Waals surface area contributed by atoms with Gasteiger partial charge in [-0.2, -0.15) is 0 Å². The molecule has 0 atom stereocenters. The second kappa shape index (κ2) is 27.5. The number of aliphatic hydroxyl groups is 2. The molecule has 9 rings (SSSR count). The first-order valence-electron chi connectivity index (χ1n) is 29.9. The lowest BCUT2D eigenvalue weighted by atomic mass is 10.3. The molecule has 6 N–H and O–H groups in total. The number of fused-ring (bicyclic) bond motifs is 20. The third-order valence-corrected chi connectivity index (χ3v) is 14.9. The fourth-order valence-corrected chi connectivity index (χ4v) is 10.4. The van der Waals surface area contributed by atoms with Crippen molar-refractivity contribution in [2.75, 3.05) is 171 Å². The Balaban J connectivity index is 1.48. The normalized spacial score (nSPS) is 11.8. The van der Waals surface area contributed by atoms with Gasteiger partial charge in [0.05, 0.1) is 39.6 Å². The number of rotatable bonds is 30. The van der Waals surface area contributed by atoms with E-state index >= 15 is 0 Å². The van der Waals surface area contributed by atoms with Crippen LogP contribution in [0, 0.1) is 0 Å². The standard InChI is InChI=1S/C56H82N24O4/c1-13-75(14-2)51-53(77(17-5)18-6)63-37-35(61-51)43-68-41-33-34(60-50(58-26-30-84-32-28-82)49(59-33)57-25-29-83-31-27-81)42(67-41)69-44-36-38(64-54(78(19-7)20-8)52(62-36)76(15-3)16-4)46(71-44)73-48-40-39(47(74-48)72-45(37)70-43)65-55(79(21-9)22-10)56(66-40)80(23-11)24-12/h81-82H,13-32H2,1-12H3,(H,57,59)(H,58,60)(H2,67,68,69,70,71,72,73,74). The third-order valence-electron chi connectivity index (χ3n) is 14.9. The number of H-pyrrole nitrogens is 2. The maximum absolute atomic E-state index is 9.45. The molecular formula is C56H82N24O4. The van der Waals surface area contributed by atoms with Gasteiger partial charge in [-0.05, 0) is 83.1 Å². The minimum atomic E-state index is -0.113. The summed E-state index contributed by atoms with van der Waals surface area (Å²) in [6, 6.07) is 0. The molecule has 0 radical (unpaired) electrons. The van der Waals surface area contributed by atoms with Crippen molar-refractivity contribution >= 4 is 91.2 Å². The van der Waals surface area contributed by atoms with Crippen LogP contribution in [-0.2, 0) is 9.47 Å². The Morgan fingerprint density at radius 3 is 0.786 bits per heavy atom. The molecular weight excluding hydrogens is 1070 g/mol. The van der Waals surface area contributed by atoms with E-state index in [9.17, 15) is 10.2 Å². The van der Waals surface area contributed by atoms with E-state index in [2.05, 4.69) is 133 Å². The third kappa shape index (κ3) is 11.9. The van der Waals surface area contributed by atoms with Gasteiger partial charge in [-0.25, -0.2) is 69.8 Å². The van der Waals surface area contributed by atoms with Crippen molar-refractivity contribution in [1.29, 1.82) is 0 Å². The Hall–Kier alpha value is -8.08. The average molecular weight is 1160 g/mol. The van der Waals surface area contributed by atoms with E-state index < -0.39 is 0 Å². The molecule has 84 heavy (non-hydrogen) atoms. The Kier molecular flexibility index (Phi) is 19.8. The van der Waals surface area contributed by atoms with Crippen LogP contribution in [0.25, 0.3) is 90.7 Å². The molecule has 2 aliphatic heterocycles. The largest absolute Gasteiger partial charge is 0.394 e. The van der Waals surface area contributed by atoms with Gasteiger partial charge in [0.25, 0.3) is 0 Å². The lowest BCUT2D eigenvalue weighted by Crippen LogP contribution is -2.30. The van der Waals surface area contributed by atoms with Crippen LogP contribution in [-0.4, -0.2) is 221 Å². The minimum absolute atomic E-state index is 0.113. The quantitative estimate of drug-likeness (QED) is 0.0283. The van der Waals surface area contributed by atoms with Crippen molar-refractivity contribution in [3.8, 4) is 46.1 Å². The fraction of sp³-hybridized carbons (Fsp3) is 0.571. The number of anilines is 8. The smallest absolute Gasteiger partial charge is 0.184 e. The van der Waals surface area contributed by atoms with Gasteiger partial charge >= 0.3 is 0 Å². The second-order valence-electron chi connectivity index (χ2n) is 19.5. The highest BCUT2D eigenvalue weighted by Crippen LogP contribution is 2.41. The summed E-state index contributed by atoms with van der Waals surface area (Å²) in [5.41, 5.74) is 4.44. The molecule has 2 aliphatic rings. The highest BCUT2D eigenvalue weighted by molar-refractivity contribution is 6.03. The van der Waals surface area contributed by atoms with Crippen molar-refractivity contribution < 1.29 is 19.7 Å². The zero-order valence-electron chi connectivity index (χ0n) is 50.8. The first kappa shape index (κ1) is 60.5. The summed E-state index contributed by atoms with van der Waals surface area (Å²) >= 11 is 0. The first-order valence-corrected chi connectivity index (χ1v) is 29.9. The van der Waals surface area contributed by atoms with E-state index in [1.165, 1.54) is 0 Å². The van der Waals surface area contributed by atoms with Gasteiger partial charge in [-0.1, -0.05) is 0 Å². The van der Waals surface area contributed by atoms with Gasteiger partial charge in [0.15, 0.2) is 92.4 Å². The molecule has 0 saturated heterocycles. The number of nitrogens with one attached hydrogen (secondary N) is 4. The Morgan fingerprint density at radius 2 is 0.548 bits per heavy atom. The summed E-state index contributed by atoms with van der Waals surface area (Å²) in [4.78, 5) is 95.2. The minimum Gasteiger partial charge on any atom is -0.394 e. The van der Waals surface area contributed by atoms with Crippen molar-refractivity contribution in [1.82, 2.24) is 79.7 Å². The number of hydrogen-bond donors (Lipinski definition) is 6. The van der Waals surface area contributed by atoms with Crippen LogP contribution in [0.1, 0.15) is 83.1 Å². The zero-order chi connectivity index (χ0) is 59.6. The number of aromatic amines is 2. The van der Waals surface area contributed by atoms with Gasteiger partial charge in [0.1, 0.15) is 44.8 Å². The number of aliphatic hydroxyl groups excluding tert-OH is 2. The summed E-state index contributed by atoms with van der Waals surface area (Å²) in [5, 5.41) is 25.6. The van der Waals surface area contributed by atoms with E-state index in [1.807, 2.05) is 0 Å². The second-order valence-corrected chi connectivity index (χ2v) is 19.5. The highest BCUT2D eigenvalue weighted by Gasteiger charge is 2.33. The average Bonchev–Trinajstić information content (AvgIpc) is 1.86. The molecule has 28 heteroatoms. The van der Waals surface area contributed by atoms with Crippen LogP contribution >= 0.6 is 0 Å². The Labute approximate surface area is 489 Å². The predicted molar refractivity (Wildman–Crippen MR) is 333 cm³/mol. The SMILES string of the molecule is CCN(CC)c1nc2c(nc1N(CC)CC)-c1nc-2nc2[nH]c(nc3nc(nc4[nH]c(n1)c1nc(N(CC)CC)c(N(CC)CC)nc41)-c1nc(N(CC)CC)c(N(CC)CC)nc1-3)c1nc(NCCOCCO)c(NCCOCCO)nc21. The first-order chi connectivity index (χ1) is 41.0.